The van der Waals surface area contributed by atoms with Crippen molar-refractivity contribution in [2.45, 2.75) is 20.0 Å². The Morgan fingerprint density at radius 3 is 2.62 bits per heavy atom. The molecule has 0 bridgehead atoms. The van der Waals surface area contributed by atoms with Gasteiger partial charge in [-0.1, -0.05) is 44.5 Å². The van der Waals surface area contributed by atoms with Crippen LogP contribution in [0.4, 0.5) is 0 Å². The molecule has 0 saturated heterocycles. The van der Waals surface area contributed by atoms with E-state index < -0.39 is 6.10 Å². The highest BCUT2D eigenvalue weighted by Crippen LogP contribution is 2.24. The van der Waals surface area contributed by atoms with E-state index in [4.69, 9.17) is 9.47 Å². The molecule has 0 aromatic heterocycles. The average Bonchev–Trinajstić information content (AvgIpc) is 2.47. The second-order valence-corrected chi connectivity index (χ2v) is 6.27. The number of hydrogen-bond donors (Lipinski definition) is 1. The van der Waals surface area contributed by atoms with Crippen molar-refractivity contribution in [3.05, 3.63) is 53.6 Å². The molecule has 3 nitrogen and oxygen atoms in total. The van der Waals surface area contributed by atoms with Crippen LogP contribution in [0.5, 0.6) is 5.75 Å². The lowest BCUT2D eigenvalue weighted by molar-refractivity contribution is 0.0519. The minimum Gasteiger partial charge on any atom is -0.467 e. The van der Waals surface area contributed by atoms with E-state index in [0.717, 1.165) is 21.9 Å². The number of ether oxygens (including phenoxy) is 2. The molecular formula is C17H21O3P. The molecule has 2 rings (SSSR count). The monoisotopic (exact) mass is 304 g/mol. The lowest BCUT2D eigenvalue weighted by Crippen LogP contribution is -2.14. The van der Waals surface area contributed by atoms with Crippen LogP contribution in [0.25, 0.3) is 0 Å². The molecule has 0 amide bonds. The zero-order valence-electron chi connectivity index (χ0n) is 12.6. The summed E-state index contributed by atoms with van der Waals surface area (Å²) >= 11 is 0. The van der Waals surface area contributed by atoms with Gasteiger partial charge in [0, 0.05) is 12.4 Å². The molecule has 2 aromatic rings. The zero-order valence-corrected chi connectivity index (χ0v) is 13.6. The normalized spacial score (nSPS) is 12.8. The van der Waals surface area contributed by atoms with Crippen LogP contribution in [0, 0.1) is 6.92 Å². The third kappa shape index (κ3) is 4.28. The van der Waals surface area contributed by atoms with E-state index >= 15 is 0 Å². The van der Waals surface area contributed by atoms with Crippen LogP contribution in [0.15, 0.2) is 42.5 Å². The molecule has 0 heterocycles. The van der Waals surface area contributed by atoms with Crippen LogP contribution < -0.4 is 15.3 Å². The Hall–Kier alpha value is -1.41. The Labute approximate surface area is 127 Å². The zero-order chi connectivity index (χ0) is 15.2. The first-order valence-electron chi connectivity index (χ1n) is 6.88. The van der Waals surface area contributed by atoms with Crippen LogP contribution in [0.2, 0.25) is 0 Å². The highest BCUT2D eigenvalue weighted by Gasteiger charge is 2.11. The SMILES string of the molecule is COCOc1ccc(C)cc1Pc1ccccc1C(C)O. The molecule has 0 aliphatic rings. The van der Waals surface area contributed by atoms with E-state index in [9.17, 15) is 5.11 Å². The van der Waals surface area contributed by atoms with Gasteiger partial charge in [0.05, 0.1) is 6.10 Å². The molecule has 1 N–H and O–H groups in total. The first kappa shape index (κ1) is 16.0. The lowest BCUT2D eigenvalue weighted by atomic mass is 10.1. The van der Waals surface area contributed by atoms with E-state index in [1.54, 1.807) is 14.0 Å². The second-order valence-electron chi connectivity index (χ2n) is 4.94. The number of benzene rings is 2. The molecule has 0 aliphatic heterocycles. The van der Waals surface area contributed by atoms with Crippen LogP contribution in [0.3, 0.4) is 0 Å². The van der Waals surface area contributed by atoms with Gasteiger partial charge >= 0.3 is 0 Å². The molecule has 2 aromatic carbocycles. The van der Waals surface area contributed by atoms with E-state index in [1.165, 1.54) is 5.56 Å². The van der Waals surface area contributed by atoms with E-state index in [0.29, 0.717) is 8.58 Å². The molecule has 4 heteroatoms. The fourth-order valence-electron chi connectivity index (χ4n) is 2.11. The standard InChI is InChI=1S/C17H21O3P/c1-12-8-9-15(20-11-19-3)17(10-12)21-16-7-5-4-6-14(16)13(2)18/h4-10,13,18,21H,11H2,1-3H3. The molecule has 112 valence electrons. The Kier molecular flexibility index (Phi) is 5.75. The molecule has 0 saturated carbocycles. The number of rotatable bonds is 6. The van der Waals surface area contributed by atoms with Crippen molar-refractivity contribution in [3.8, 4) is 5.75 Å². The predicted octanol–water partition coefficient (Wildman–Crippen LogP) is 2.66. The number of aliphatic hydroxyl groups excluding tert-OH is 1. The number of aryl methyl sites for hydroxylation is 1. The molecule has 0 spiro atoms. The van der Waals surface area contributed by atoms with Gasteiger partial charge in [-0.25, -0.2) is 0 Å². The minimum atomic E-state index is -0.471. The van der Waals surface area contributed by atoms with Crippen LogP contribution in [-0.4, -0.2) is 19.0 Å². The molecule has 2 unspecified atom stereocenters. The van der Waals surface area contributed by atoms with Crippen molar-refractivity contribution >= 4 is 19.2 Å². The highest BCUT2D eigenvalue weighted by molar-refractivity contribution is 7.55. The Morgan fingerprint density at radius 1 is 1.14 bits per heavy atom. The molecular weight excluding hydrogens is 283 g/mol. The topological polar surface area (TPSA) is 38.7 Å². The number of aliphatic hydroxyl groups is 1. The average molecular weight is 304 g/mol. The first-order valence-corrected chi connectivity index (χ1v) is 7.88. The van der Waals surface area contributed by atoms with Gasteiger partial charge in [-0.05, 0) is 36.8 Å². The number of hydrogen-bond acceptors (Lipinski definition) is 3. The van der Waals surface area contributed by atoms with Gasteiger partial charge < -0.3 is 14.6 Å². The fourth-order valence-corrected chi connectivity index (χ4v) is 3.59. The van der Waals surface area contributed by atoms with E-state index in [-0.39, 0.29) is 6.79 Å². The summed E-state index contributed by atoms with van der Waals surface area (Å²) in [5, 5.41) is 12.2. The third-order valence-electron chi connectivity index (χ3n) is 3.15. The van der Waals surface area contributed by atoms with Crippen LogP contribution >= 0.6 is 8.58 Å². The van der Waals surface area contributed by atoms with Crippen molar-refractivity contribution in [2.75, 3.05) is 13.9 Å². The highest BCUT2D eigenvalue weighted by atomic mass is 31.1. The van der Waals surface area contributed by atoms with Crippen LogP contribution in [-0.2, 0) is 4.74 Å². The van der Waals surface area contributed by atoms with Crippen molar-refractivity contribution in [1.29, 1.82) is 0 Å². The summed E-state index contributed by atoms with van der Waals surface area (Å²) in [6.45, 7) is 4.09. The van der Waals surface area contributed by atoms with Gasteiger partial charge in [0.2, 0.25) is 0 Å². The van der Waals surface area contributed by atoms with Crippen molar-refractivity contribution in [1.82, 2.24) is 0 Å². The molecule has 0 fully saturated rings. The largest absolute Gasteiger partial charge is 0.467 e. The smallest absolute Gasteiger partial charge is 0.188 e. The summed E-state index contributed by atoms with van der Waals surface area (Å²) in [5.41, 5.74) is 2.16. The molecule has 21 heavy (non-hydrogen) atoms. The maximum Gasteiger partial charge on any atom is 0.188 e. The van der Waals surface area contributed by atoms with Gasteiger partial charge in [-0.3, -0.25) is 0 Å². The number of methoxy groups -OCH3 is 1. The van der Waals surface area contributed by atoms with Gasteiger partial charge in [0.15, 0.2) is 6.79 Å². The Bertz CT molecular complexity index is 596. The van der Waals surface area contributed by atoms with E-state index in [1.807, 2.05) is 30.3 Å². The maximum absolute atomic E-state index is 9.90. The second kappa shape index (κ2) is 7.56. The summed E-state index contributed by atoms with van der Waals surface area (Å²) in [6.07, 6.45) is -0.471. The Morgan fingerprint density at radius 2 is 1.90 bits per heavy atom. The van der Waals surface area contributed by atoms with Gasteiger partial charge in [0.1, 0.15) is 5.75 Å². The molecule has 0 aliphatic carbocycles. The van der Waals surface area contributed by atoms with Crippen LogP contribution in [0.1, 0.15) is 24.2 Å². The van der Waals surface area contributed by atoms with Crippen molar-refractivity contribution in [2.24, 2.45) is 0 Å². The van der Waals surface area contributed by atoms with Crippen molar-refractivity contribution in [3.63, 3.8) is 0 Å². The summed E-state index contributed by atoms with van der Waals surface area (Å²) in [4.78, 5) is 0. The van der Waals surface area contributed by atoms with Gasteiger partial charge in [-0.2, -0.15) is 0 Å². The minimum absolute atomic E-state index is 0.235. The predicted molar refractivity (Wildman–Crippen MR) is 88.3 cm³/mol. The summed E-state index contributed by atoms with van der Waals surface area (Å²) < 4.78 is 10.6. The lowest BCUT2D eigenvalue weighted by Gasteiger charge is -2.15. The van der Waals surface area contributed by atoms with Gasteiger partial charge in [0.25, 0.3) is 0 Å². The summed E-state index contributed by atoms with van der Waals surface area (Å²) in [5.74, 6) is 0.834. The van der Waals surface area contributed by atoms with E-state index in [2.05, 4.69) is 19.1 Å². The molecule has 2 atom stereocenters. The molecule has 0 radical (unpaired) electrons. The summed E-state index contributed by atoms with van der Waals surface area (Å²) in [7, 11) is 2.04. The maximum atomic E-state index is 9.90. The quantitative estimate of drug-likeness (QED) is 0.659. The first-order chi connectivity index (χ1) is 10.1. The third-order valence-corrected chi connectivity index (χ3v) is 4.53. The van der Waals surface area contributed by atoms with Crippen molar-refractivity contribution < 1.29 is 14.6 Å². The fraction of sp³-hybridized carbons (Fsp3) is 0.294. The Balaban J connectivity index is 2.32. The van der Waals surface area contributed by atoms with Gasteiger partial charge in [-0.15, -0.1) is 0 Å². The summed E-state index contributed by atoms with van der Waals surface area (Å²) in [6, 6.07) is 14.1.